The van der Waals surface area contributed by atoms with Crippen LogP contribution < -0.4 is 4.74 Å². The van der Waals surface area contributed by atoms with E-state index < -0.39 is 5.82 Å². The van der Waals surface area contributed by atoms with Crippen molar-refractivity contribution in [1.82, 2.24) is 0 Å². The van der Waals surface area contributed by atoms with E-state index in [2.05, 4.69) is 22.9 Å². The predicted octanol–water partition coefficient (Wildman–Crippen LogP) is 5.10. The van der Waals surface area contributed by atoms with Gasteiger partial charge in [-0.15, -0.1) is 0 Å². The summed E-state index contributed by atoms with van der Waals surface area (Å²) in [7, 11) is 0. The highest BCUT2D eigenvalue weighted by Crippen LogP contribution is 2.33. The van der Waals surface area contributed by atoms with E-state index in [0.717, 1.165) is 31.6 Å². The Morgan fingerprint density at radius 1 is 1.35 bits per heavy atom. The molecule has 0 bridgehead atoms. The van der Waals surface area contributed by atoms with E-state index in [1.54, 1.807) is 6.07 Å². The van der Waals surface area contributed by atoms with Crippen molar-refractivity contribution >= 4 is 21.9 Å². The number of ether oxygens (including phenoxy) is 1. The Kier molecular flexibility index (Phi) is 5.58. The Morgan fingerprint density at radius 3 is 2.65 bits per heavy atom. The van der Waals surface area contributed by atoms with Crippen LogP contribution in [0.1, 0.15) is 45.4 Å². The summed E-state index contributed by atoms with van der Waals surface area (Å²) in [6.07, 6.45) is 6.32. The molecule has 0 radical (unpaired) electrons. The van der Waals surface area contributed by atoms with Gasteiger partial charge in [0.05, 0.1) is 5.92 Å². The average molecular weight is 343 g/mol. The van der Waals surface area contributed by atoms with Gasteiger partial charge < -0.3 is 4.74 Å². The lowest BCUT2D eigenvalue weighted by atomic mass is 9.80. The maximum atomic E-state index is 13.6. The summed E-state index contributed by atoms with van der Waals surface area (Å²) < 4.78 is 19.5. The van der Waals surface area contributed by atoms with Crippen LogP contribution in [0, 0.1) is 17.7 Å². The number of carbonyl (C=O) groups excluding carboxylic acids is 1. The van der Waals surface area contributed by atoms with Crippen LogP contribution in [-0.4, -0.2) is 5.97 Å². The summed E-state index contributed by atoms with van der Waals surface area (Å²) in [6.45, 7) is 2.19. The smallest absolute Gasteiger partial charge is 0.314 e. The maximum absolute atomic E-state index is 13.6. The zero-order valence-corrected chi connectivity index (χ0v) is 13.3. The number of hydrogen-bond acceptors (Lipinski definition) is 2. The fraction of sp³-hybridized carbons (Fsp3) is 0.562. The minimum atomic E-state index is -0.507. The van der Waals surface area contributed by atoms with Gasteiger partial charge in [-0.3, -0.25) is 4.79 Å². The Balaban J connectivity index is 1.89. The molecule has 1 saturated carbocycles. The number of hydrogen-bond donors (Lipinski definition) is 0. The van der Waals surface area contributed by atoms with Gasteiger partial charge >= 0.3 is 5.97 Å². The Morgan fingerprint density at radius 2 is 2.05 bits per heavy atom. The highest BCUT2D eigenvalue weighted by molar-refractivity contribution is 9.10. The van der Waals surface area contributed by atoms with Crippen molar-refractivity contribution in [2.75, 3.05) is 0 Å². The highest BCUT2D eigenvalue weighted by atomic mass is 79.9. The van der Waals surface area contributed by atoms with Crippen molar-refractivity contribution in [3.8, 4) is 5.75 Å². The summed E-state index contributed by atoms with van der Waals surface area (Å²) in [5, 5.41) is 0. The molecule has 0 spiro atoms. The van der Waals surface area contributed by atoms with E-state index in [0.29, 0.717) is 4.47 Å². The normalized spacial score (nSPS) is 22.6. The van der Waals surface area contributed by atoms with Crippen LogP contribution in [0.5, 0.6) is 5.75 Å². The van der Waals surface area contributed by atoms with E-state index >= 15 is 0 Å². The zero-order valence-electron chi connectivity index (χ0n) is 11.7. The Hall–Kier alpha value is -0.900. The van der Waals surface area contributed by atoms with E-state index in [4.69, 9.17) is 4.74 Å². The van der Waals surface area contributed by atoms with Gasteiger partial charge in [0.2, 0.25) is 0 Å². The van der Waals surface area contributed by atoms with Crippen LogP contribution in [0.15, 0.2) is 22.7 Å². The van der Waals surface area contributed by atoms with Crippen molar-refractivity contribution in [2.24, 2.45) is 11.8 Å². The van der Waals surface area contributed by atoms with Crippen molar-refractivity contribution in [3.63, 3.8) is 0 Å². The van der Waals surface area contributed by atoms with Gasteiger partial charge in [-0.05, 0) is 49.8 Å². The highest BCUT2D eigenvalue weighted by Gasteiger charge is 2.27. The number of halogens is 2. The summed E-state index contributed by atoms with van der Waals surface area (Å²) in [4.78, 5) is 12.1. The molecule has 0 heterocycles. The van der Waals surface area contributed by atoms with Gasteiger partial charge in [-0.2, -0.15) is 0 Å². The first-order valence-electron chi connectivity index (χ1n) is 7.27. The fourth-order valence-electron chi connectivity index (χ4n) is 2.84. The molecule has 0 unspecified atom stereocenters. The van der Waals surface area contributed by atoms with Gasteiger partial charge in [0.25, 0.3) is 0 Å². The van der Waals surface area contributed by atoms with Crippen LogP contribution >= 0.6 is 15.9 Å². The van der Waals surface area contributed by atoms with Crippen molar-refractivity contribution in [2.45, 2.75) is 45.4 Å². The van der Waals surface area contributed by atoms with E-state index in [-0.39, 0.29) is 17.6 Å². The predicted molar refractivity (Wildman–Crippen MR) is 80.1 cm³/mol. The van der Waals surface area contributed by atoms with Crippen molar-refractivity contribution in [1.29, 1.82) is 0 Å². The lowest BCUT2D eigenvalue weighted by molar-refractivity contribution is -0.140. The molecule has 2 nitrogen and oxygen atoms in total. The van der Waals surface area contributed by atoms with Gasteiger partial charge in [-0.25, -0.2) is 4.39 Å². The third-order valence-electron chi connectivity index (χ3n) is 3.98. The molecule has 1 fully saturated rings. The van der Waals surface area contributed by atoms with Crippen molar-refractivity contribution < 1.29 is 13.9 Å². The quantitative estimate of drug-likeness (QED) is 0.562. The number of carbonyl (C=O) groups is 1. The average Bonchev–Trinajstić information content (AvgIpc) is 2.43. The van der Waals surface area contributed by atoms with Gasteiger partial charge in [-0.1, -0.05) is 35.7 Å². The topological polar surface area (TPSA) is 26.3 Å². The van der Waals surface area contributed by atoms with Crippen LogP contribution in [0.3, 0.4) is 0 Å². The lowest BCUT2D eigenvalue weighted by Gasteiger charge is -2.26. The Bertz CT molecular complexity index is 468. The summed E-state index contributed by atoms with van der Waals surface area (Å²) in [6, 6.07) is 4.46. The Labute approximate surface area is 127 Å². The minimum Gasteiger partial charge on any atom is -0.423 e. The van der Waals surface area contributed by atoms with Gasteiger partial charge in [0.1, 0.15) is 0 Å². The van der Waals surface area contributed by atoms with Crippen LogP contribution in [0.2, 0.25) is 0 Å². The molecular weight excluding hydrogens is 323 g/mol. The van der Waals surface area contributed by atoms with Crippen LogP contribution in [0.25, 0.3) is 0 Å². The summed E-state index contributed by atoms with van der Waals surface area (Å²) >= 11 is 3.18. The third kappa shape index (κ3) is 4.05. The zero-order chi connectivity index (χ0) is 14.5. The molecule has 1 aliphatic rings. The van der Waals surface area contributed by atoms with Crippen LogP contribution in [-0.2, 0) is 4.79 Å². The molecule has 1 aromatic rings. The standard InChI is InChI=1S/C16H20BrFO2/c1-2-3-11-4-6-12(7-5-11)16(19)20-15-9-8-13(17)10-14(15)18/h8-12H,2-7H2,1H3/t11-,12-. The lowest BCUT2D eigenvalue weighted by Crippen LogP contribution is -2.25. The molecule has 1 aromatic carbocycles. The maximum Gasteiger partial charge on any atom is 0.314 e. The van der Waals surface area contributed by atoms with Crippen LogP contribution in [0.4, 0.5) is 4.39 Å². The molecule has 0 amide bonds. The number of benzene rings is 1. The molecule has 0 saturated heterocycles. The molecule has 20 heavy (non-hydrogen) atoms. The van der Waals surface area contributed by atoms with E-state index in [1.807, 2.05) is 0 Å². The van der Waals surface area contributed by atoms with Gasteiger partial charge in [0.15, 0.2) is 11.6 Å². The fourth-order valence-corrected chi connectivity index (χ4v) is 3.18. The number of rotatable bonds is 4. The molecule has 0 atom stereocenters. The summed E-state index contributed by atoms with van der Waals surface area (Å²) in [5.41, 5.74) is 0. The van der Waals surface area contributed by atoms with E-state index in [9.17, 15) is 9.18 Å². The first kappa shape index (κ1) is 15.5. The van der Waals surface area contributed by atoms with E-state index in [1.165, 1.54) is 25.0 Å². The monoisotopic (exact) mass is 342 g/mol. The van der Waals surface area contributed by atoms with Crippen molar-refractivity contribution in [3.05, 3.63) is 28.5 Å². The first-order valence-corrected chi connectivity index (χ1v) is 8.06. The minimum absolute atomic E-state index is 0.0221. The molecule has 110 valence electrons. The molecule has 0 N–H and O–H groups in total. The number of esters is 1. The molecule has 1 aliphatic carbocycles. The molecular formula is C16H20BrFO2. The molecule has 0 aromatic heterocycles. The SMILES string of the molecule is CCC[C@H]1CC[C@H](C(=O)Oc2ccc(Br)cc2F)CC1. The third-order valence-corrected chi connectivity index (χ3v) is 4.47. The molecule has 0 aliphatic heterocycles. The molecule has 4 heteroatoms. The molecule has 2 rings (SSSR count). The second kappa shape index (κ2) is 7.21. The first-order chi connectivity index (χ1) is 9.60. The van der Waals surface area contributed by atoms with Gasteiger partial charge in [0, 0.05) is 4.47 Å². The second-order valence-corrected chi connectivity index (χ2v) is 6.42. The largest absolute Gasteiger partial charge is 0.423 e. The summed E-state index contributed by atoms with van der Waals surface area (Å²) in [5.74, 6) is -0.109. The second-order valence-electron chi connectivity index (χ2n) is 5.50.